The Morgan fingerprint density at radius 3 is 2.68 bits per heavy atom. The molecule has 0 saturated heterocycles. The Hall–Kier alpha value is -1.36. The molecule has 1 N–H and O–H groups in total. The topological polar surface area (TPSA) is 57.6 Å². The zero-order valence-electron chi connectivity index (χ0n) is 10.7. The van der Waals surface area contributed by atoms with Crippen LogP contribution in [0.15, 0.2) is 28.7 Å². The van der Waals surface area contributed by atoms with Gasteiger partial charge in [-0.15, -0.1) is 0 Å². The first-order chi connectivity index (χ1) is 9.02. The minimum atomic E-state index is -0.864. The number of hydrogen-bond donors (Lipinski definition) is 1. The molecule has 0 spiro atoms. The smallest absolute Gasteiger partial charge is 0.307 e. The molecular formula is C14H16BrNO3. The van der Waals surface area contributed by atoms with Gasteiger partial charge < -0.3 is 10.0 Å². The summed E-state index contributed by atoms with van der Waals surface area (Å²) in [6, 6.07) is 7.79. The zero-order valence-corrected chi connectivity index (χ0v) is 12.3. The Morgan fingerprint density at radius 2 is 2.16 bits per heavy atom. The van der Waals surface area contributed by atoms with Gasteiger partial charge in [-0.1, -0.05) is 28.1 Å². The van der Waals surface area contributed by atoms with Crippen molar-refractivity contribution in [3.63, 3.8) is 0 Å². The number of carboxylic acids is 1. The molecule has 2 rings (SSSR count). The van der Waals surface area contributed by atoms with Gasteiger partial charge in [0, 0.05) is 17.6 Å². The summed E-state index contributed by atoms with van der Waals surface area (Å²) in [5, 5.41) is 8.88. The molecule has 5 heteroatoms. The normalized spacial score (nSPS) is 20.9. The lowest BCUT2D eigenvalue weighted by atomic mass is 10.2. The monoisotopic (exact) mass is 325 g/mol. The highest BCUT2D eigenvalue weighted by Crippen LogP contribution is 2.40. The maximum atomic E-state index is 12.2. The number of benzene rings is 1. The van der Waals surface area contributed by atoms with Crippen molar-refractivity contribution in [3.05, 3.63) is 34.3 Å². The summed E-state index contributed by atoms with van der Waals surface area (Å²) in [5.41, 5.74) is 1.04. The van der Waals surface area contributed by atoms with Crippen LogP contribution in [0.1, 0.15) is 18.9 Å². The Balaban J connectivity index is 2.01. The van der Waals surface area contributed by atoms with Crippen molar-refractivity contribution >= 4 is 27.8 Å². The molecule has 102 valence electrons. The number of carbonyl (C=O) groups is 2. The first kappa shape index (κ1) is 14.1. The van der Waals surface area contributed by atoms with Gasteiger partial charge in [0.25, 0.3) is 0 Å². The lowest BCUT2D eigenvalue weighted by Gasteiger charge is -2.21. The van der Waals surface area contributed by atoms with Crippen molar-refractivity contribution in [3.8, 4) is 0 Å². The van der Waals surface area contributed by atoms with Crippen molar-refractivity contribution in [2.45, 2.75) is 19.9 Å². The van der Waals surface area contributed by atoms with Crippen molar-refractivity contribution in [1.82, 2.24) is 4.90 Å². The van der Waals surface area contributed by atoms with E-state index in [4.69, 9.17) is 5.11 Å². The van der Waals surface area contributed by atoms with Crippen LogP contribution in [0.25, 0.3) is 0 Å². The molecule has 1 amide bonds. The van der Waals surface area contributed by atoms with Gasteiger partial charge in [0.2, 0.25) is 5.91 Å². The molecule has 0 radical (unpaired) electrons. The van der Waals surface area contributed by atoms with Gasteiger partial charge in [0.05, 0.1) is 11.8 Å². The van der Waals surface area contributed by atoms with Crippen molar-refractivity contribution < 1.29 is 14.7 Å². The second-order valence-electron chi connectivity index (χ2n) is 4.77. The number of halogens is 1. The summed E-state index contributed by atoms with van der Waals surface area (Å²) in [6.45, 7) is 3.03. The average molecular weight is 326 g/mol. The van der Waals surface area contributed by atoms with E-state index in [1.807, 2.05) is 31.2 Å². The summed E-state index contributed by atoms with van der Waals surface area (Å²) >= 11 is 3.40. The minimum Gasteiger partial charge on any atom is -0.481 e. The van der Waals surface area contributed by atoms with Gasteiger partial charge in [-0.25, -0.2) is 0 Å². The SMILES string of the molecule is CCN(Cc1cccc(Br)c1)C(=O)C1CC1C(=O)O. The van der Waals surface area contributed by atoms with Gasteiger partial charge >= 0.3 is 5.97 Å². The van der Waals surface area contributed by atoms with Crippen LogP contribution in [0.4, 0.5) is 0 Å². The molecule has 2 atom stereocenters. The summed E-state index contributed by atoms with van der Waals surface area (Å²) in [5.74, 6) is -1.72. The van der Waals surface area contributed by atoms with Crippen LogP contribution in [0.2, 0.25) is 0 Å². The number of aliphatic carboxylic acids is 1. The molecule has 0 heterocycles. The van der Waals surface area contributed by atoms with E-state index in [0.717, 1.165) is 10.0 Å². The largest absolute Gasteiger partial charge is 0.481 e. The maximum absolute atomic E-state index is 12.2. The standard InChI is InChI=1S/C14H16BrNO3/c1-2-16(8-9-4-3-5-10(15)6-9)13(17)11-7-12(11)14(18)19/h3-6,11-12H,2,7-8H2,1H3,(H,18,19). The molecule has 19 heavy (non-hydrogen) atoms. The third-order valence-corrected chi connectivity index (χ3v) is 3.87. The molecule has 0 aliphatic heterocycles. The fourth-order valence-electron chi connectivity index (χ4n) is 2.18. The maximum Gasteiger partial charge on any atom is 0.307 e. The number of hydrogen-bond acceptors (Lipinski definition) is 2. The Kier molecular flexibility index (Phi) is 4.24. The number of carboxylic acid groups (broad SMARTS) is 1. The second-order valence-corrected chi connectivity index (χ2v) is 5.68. The minimum absolute atomic E-state index is 0.0464. The average Bonchev–Trinajstić information content (AvgIpc) is 3.15. The third kappa shape index (κ3) is 3.35. The predicted octanol–water partition coefficient (Wildman–Crippen LogP) is 2.52. The fraction of sp³-hybridized carbons (Fsp3) is 0.429. The number of rotatable bonds is 5. The van der Waals surface area contributed by atoms with Crippen LogP contribution in [-0.4, -0.2) is 28.4 Å². The first-order valence-corrected chi connectivity index (χ1v) is 7.08. The van der Waals surface area contributed by atoms with Crippen molar-refractivity contribution in [1.29, 1.82) is 0 Å². The highest BCUT2D eigenvalue weighted by atomic mass is 79.9. The van der Waals surface area contributed by atoms with Crippen LogP contribution in [0.5, 0.6) is 0 Å². The molecule has 2 unspecified atom stereocenters. The van der Waals surface area contributed by atoms with Crippen LogP contribution in [0, 0.1) is 11.8 Å². The molecule has 1 aromatic carbocycles. The molecule has 1 saturated carbocycles. The zero-order chi connectivity index (χ0) is 14.0. The quantitative estimate of drug-likeness (QED) is 0.904. The molecule has 1 aromatic rings. The van der Waals surface area contributed by atoms with Crippen LogP contribution in [-0.2, 0) is 16.1 Å². The first-order valence-electron chi connectivity index (χ1n) is 6.29. The highest BCUT2D eigenvalue weighted by Gasteiger charge is 2.49. The number of amides is 1. The third-order valence-electron chi connectivity index (χ3n) is 3.38. The van der Waals surface area contributed by atoms with Crippen molar-refractivity contribution in [2.75, 3.05) is 6.54 Å². The molecular weight excluding hydrogens is 310 g/mol. The summed E-state index contributed by atoms with van der Waals surface area (Å²) in [6.07, 6.45) is 0.475. The molecule has 1 fully saturated rings. The van der Waals surface area contributed by atoms with E-state index >= 15 is 0 Å². The van der Waals surface area contributed by atoms with Gasteiger partial charge in [0.1, 0.15) is 0 Å². The van der Waals surface area contributed by atoms with Crippen LogP contribution < -0.4 is 0 Å². The molecule has 1 aliphatic carbocycles. The van der Waals surface area contributed by atoms with E-state index in [1.54, 1.807) is 4.90 Å². The predicted molar refractivity (Wildman–Crippen MR) is 74.5 cm³/mol. The fourth-order valence-corrected chi connectivity index (χ4v) is 2.62. The Labute approximate surface area is 120 Å². The van der Waals surface area contributed by atoms with E-state index in [0.29, 0.717) is 19.5 Å². The lowest BCUT2D eigenvalue weighted by molar-refractivity contribution is -0.142. The molecule has 0 bridgehead atoms. The molecule has 0 aromatic heterocycles. The van der Waals surface area contributed by atoms with E-state index < -0.39 is 11.9 Å². The number of carbonyl (C=O) groups excluding carboxylic acids is 1. The van der Waals surface area contributed by atoms with Crippen LogP contribution >= 0.6 is 15.9 Å². The summed E-state index contributed by atoms with van der Waals surface area (Å²) < 4.78 is 0.975. The lowest BCUT2D eigenvalue weighted by Crippen LogP contribution is -2.32. The summed E-state index contributed by atoms with van der Waals surface area (Å²) in [4.78, 5) is 24.7. The number of nitrogens with zero attached hydrogens (tertiary/aromatic N) is 1. The Morgan fingerprint density at radius 1 is 1.42 bits per heavy atom. The van der Waals surface area contributed by atoms with E-state index in [1.165, 1.54) is 0 Å². The molecule has 1 aliphatic rings. The Bertz CT molecular complexity index is 503. The second kappa shape index (κ2) is 5.74. The van der Waals surface area contributed by atoms with Gasteiger partial charge in [-0.2, -0.15) is 0 Å². The van der Waals surface area contributed by atoms with Crippen LogP contribution in [0.3, 0.4) is 0 Å². The van der Waals surface area contributed by atoms with E-state index in [9.17, 15) is 9.59 Å². The van der Waals surface area contributed by atoms with E-state index in [2.05, 4.69) is 15.9 Å². The van der Waals surface area contributed by atoms with Crippen molar-refractivity contribution in [2.24, 2.45) is 11.8 Å². The summed E-state index contributed by atoms with van der Waals surface area (Å²) in [7, 11) is 0. The van der Waals surface area contributed by atoms with Gasteiger partial charge in [-0.3, -0.25) is 9.59 Å². The van der Waals surface area contributed by atoms with Gasteiger partial charge in [-0.05, 0) is 31.0 Å². The highest BCUT2D eigenvalue weighted by molar-refractivity contribution is 9.10. The molecule has 4 nitrogen and oxygen atoms in total. The van der Waals surface area contributed by atoms with E-state index in [-0.39, 0.29) is 11.8 Å². The van der Waals surface area contributed by atoms with Gasteiger partial charge in [0.15, 0.2) is 0 Å².